The van der Waals surface area contributed by atoms with Gasteiger partial charge in [-0.05, 0) is 39.2 Å². The van der Waals surface area contributed by atoms with Crippen molar-refractivity contribution in [3.63, 3.8) is 0 Å². The molecular formula is C20H23F3N6O2. The Morgan fingerprint density at radius 2 is 2.06 bits per heavy atom. The van der Waals surface area contributed by atoms with Gasteiger partial charge >= 0.3 is 6.18 Å². The Kier molecular flexibility index (Phi) is 5.44. The monoisotopic (exact) mass is 436 g/mol. The van der Waals surface area contributed by atoms with Crippen molar-refractivity contribution in [1.82, 2.24) is 29.8 Å². The molecule has 3 aromatic heterocycles. The third kappa shape index (κ3) is 4.13. The van der Waals surface area contributed by atoms with Gasteiger partial charge in [-0.25, -0.2) is 14.6 Å². The smallest absolute Gasteiger partial charge is 0.340 e. The number of hydrogen-bond donors (Lipinski definition) is 0. The van der Waals surface area contributed by atoms with E-state index in [9.17, 15) is 18.0 Å². The first-order chi connectivity index (χ1) is 14.7. The summed E-state index contributed by atoms with van der Waals surface area (Å²) in [6, 6.07) is 1.06. The number of pyridine rings is 1. The Bertz CT molecular complexity index is 1120. The van der Waals surface area contributed by atoms with Gasteiger partial charge in [0.1, 0.15) is 18.2 Å². The van der Waals surface area contributed by atoms with E-state index in [0.717, 1.165) is 6.07 Å². The maximum absolute atomic E-state index is 13.8. The number of amides is 1. The zero-order valence-electron chi connectivity index (χ0n) is 17.5. The Morgan fingerprint density at radius 3 is 2.71 bits per heavy atom. The third-order valence-electron chi connectivity index (χ3n) is 5.60. The maximum atomic E-state index is 13.8. The van der Waals surface area contributed by atoms with Crippen LogP contribution in [0, 0.1) is 13.8 Å². The molecule has 1 atom stereocenters. The highest BCUT2D eigenvalue weighted by Gasteiger charge is 2.38. The summed E-state index contributed by atoms with van der Waals surface area (Å²) in [5.41, 5.74) is -0.397. The predicted molar refractivity (Wildman–Crippen MR) is 104 cm³/mol. The molecule has 1 saturated heterocycles. The average molecular weight is 436 g/mol. The number of likely N-dealkylation sites (tertiary alicyclic amines) is 1. The number of nitrogens with zero attached hydrogens (tertiary/aromatic N) is 6. The van der Waals surface area contributed by atoms with Crippen molar-refractivity contribution in [3.05, 3.63) is 34.7 Å². The van der Waals surface area contributed by atoms with Crippen LogP contribution < -0.4 is 0 Å². The maximum Gasteiger partial charge on any atom is 0.417 e. The van der Waals surface area contributed by atoms with Crippen molar-refractivity contribution >= 4 is 17.0 Å². The lowest BCUT2D eigenvalue weighted by Crippen LogP contribution is -2.41. The van der Waals surface area contributed by atoms with Gasteiger partial charge in [0.2, 0.25) is 5.91 Å². The van der Waals surface area contributed by atoms with Gasteiger partial charge in [0, 0.05) is 24.7 Å². The summed E-state index contributed by atoms with van der Waals surface area (Å²) in [5.74, 6) is 0.685. The molecule has 0 N–H and O–H groups in total. The second kappa shape index (κ2) is 7.93. The first-order valence-corrected chi connectivity index (χ1v) is 10.2. The van der Waals surface area contributed by atoms with Crippen LogP contribution in [0.5, 0.6) is 0 Å². The van der Waals surface area contributed by atoms with Gasteiger partial charge < -0.3 is 9.42 Å². The fraction of sp³-hybridized carbons (Fsp3) is 0.550. The van der Waals surface area contributed by atoms with Gasteiger partial charge in [-0.2, -0.15) is 18.3 Å². The highest BCUT2D eigenvalue weighted by Crippen LogP contribution is 2.40. The molecule has 166 valence electrons. The van der Waals surface area contributed by atoms with Crippen LogP contribution in [0.15, 0.2) is 10.6 Å². The summed E-state index contributed by atoms with van der Waals surface area (Å²) in [7, 11) is 0. The van der Waals surface area contributed by atoms with Crippen LogP contribution in [0.4, 0.5) is 13.2 Å². The average Bonchev–Trinajstić information content (AvgIpc) is 3.28. The first kappa shape index (κ1) is 21.3. The Labute approximate surface area is 176 Å². The molecule has 8 nitrogen and oxygen atoms in total. The van der Waals surface area contributed by atoms with Crippen molar-refractivity contribution < 1.29 is 22.5 Å². The summed E-state index contributed by atoms with van der Waals surface area (Å²) in [5, 5.41) is 8.06. The van der Waals surface area contributed by atoms with Crippen molar-refractivity contribution in [3.8, 4) is 0 Å². The molecule has 0 spiro atoms. The molecule has 1 aliphatic rings. The van der Waals surface area contributed by atoms with E-state index < -0.39 is 11.7 Å². The van der Waals surface area contributed by atoms with E-state index in [1.807, 2.05) is 0 Å². The number of carbonyl (C=O) groups excluding carboxylic acids is 1. The minimum atomic E-state index is -4.56. The predicted octanol–water partition coefficient (Wildman–Crippen LogP) is 3.42. The highest BCUT2D eigenvalue weighted by molar-refractivity contribution is 5.82. The minimum absolute atomic E-state index is 0.0359. The van der Waals surface area contributed by atoms with E-state index in [1.165, 1.54) is 4.68 Å². The molecule has 31 heavy (non-hydrogen) atoms. The van der Waals surface area contributed by atoms with E-state index in [0.29, 0.717) is 43.1 Å². The van der Waals surface area contributed by atoms with Crippen molar-refractivity contribution in [1.29, 1.82) is 0 Å². The number of alkyl halides is 3. The summed E-state index contributed by atoms with van der Waals surface area (Å²) in [4.78, 5) is 22.8. The van der Waals surface area contributed by atoms with Gasteiger partial charge in [-0.3, -0.25) is 4.79 Å². The molecule has 1 fully saturated rings. The van der Waals surface area contributed by atoms with Crippen LogP contribution in [0.2, 0.25) is 0 Å². The minimum Gasteiger partial charge on any atom is -0.340 e. The largest absolute Gasteiger partial charge is 0.417 e. The quantitative estimate of drug-likeness (QED) is 0.623. The van der Waals surface area contributed by atoms with E-state index in [4.69, 9.17) is 4.52 Å². The van der Waals surface area contributed by atoms with Gasteiger partial charge in [0.25, 0.3) is 5.71 Å². The molecule has 0 saturated carbocycles. The number of carbonyl (C=O) groups is 1. The van der Waals surface area contributed by atoms with Gasteiger partial charge in [0.15, 0.2) is 0 Å². The topological polar surface area (TPSA) is 89.9 Å². The van der Waals surface area contributed by atoms with E-state index in [1.54, 1.807) is 25.7 Å². The number of fused-ring (bicyclic) bond motifs is 1. The van der Waals surface area contributed by atoms with Crippen LogP contribution in [0.25, 0.3) is 11.1 Å². The normalized spacial score (nSPS) is 17.5. The lowest BCUT2D eigenvalue weighted by atomic mass is 9.91. The van der Waals surface area contributed by atoms with Crippen LogP contribution in [0.1, 0.15) is 54.3 Å². The van der Waals surface area contributed by atoms with Crippen LogP contribution in [-0.2, 0) is 23.9 Å². The van der Waals surface area contributed by atoms with Crippen LogP contribution in [0.3, 0.4) is 0 Å². The molecule has 11 heteroatoms. The first-order valence-electron chi connectivity index (χ1n) is 10.2. The van der Waals surface area contributed by atoms with Gasteiger partial charge in [-0.15, -0.1) is 0 Å². The number of piperidine rings is 1. The number of aromatic nitrogens is 5. The molecule has 0 aliphatic carbocycles. The fourth-order valence-corrected chi connectivity index (χ4v) is 4.07. The van der Waals surface area contributed by atoms with Crippen LogP contribution >= 0.6 is 0 Å². The van der Waals surface area contributed by atoms with E-state index in [2.05, 4.69) is 20.2 Å². The molecule has 0 bridgehead atoms. The Hall–Kier alpha value is -2.98. The molecule has 1 aliphatic heterocycles. The molecule has 4 rings (SSSR count). The fourth-order valence-electron chi connectivity index (χ4n) is 4.07. The Balaban J connectivity index is 1.62. The van der Waals surface area contributed by atoms with E-state index >= 15 is 0 Å². The second-order valence-corrected chi connectivity index (χ2v) is 7.80. The number of aryl methyl sites for hydroxylation is 3. The molecule has 1 amide bonds. The Morgan fingerprint density at radius 1 is 1.29 bits per heavy atom. The van der Waals surface area contributed by atoms with Gasteiger partial charge in [0.05, 0.1) is 16.6 Å². The van der Waals surface area contributed by atoms with Crippen molar-refractivity contribution in [2.45, 2.75) is 58.7 Å². The standard InChI is InChI=1S/C20H23F3N6O2/c1-4-14-8-15(20(21,22)23)17-18(27-31-19(17)25-14)13-6-5-7-28(9-13)16(30)10-29-12(3)24-11(2)26-29/h8,13H,4-7,9-10H2,1-3H3. The number of rotatable bonds is 4. The highest BCUT2D eigenvalue weighted by atomic mass is 19.4. The molecular weight excluding hydrogens is 413 g/mol. The SMILES string of the molecule is CCc1cc(C(F)(F)F)c2c(C3CCCN(C(=O)Cn4nc(C)nc4C)C3)noc2n1. The van der Waals surface area contributed by atoms with Crippen molar-refractivity contribution in [2.75, 3.05) is 13.1 Å². The lowest BCUT2D eigenvalue weighted by Gasteiger charge is -2.32. The molecule has 3 aromatic rings. The van der Waals surface area contributed by atoms with Crippen molar-refractivity contribution in [2.24, 2.45) is 0 Å². The number of halogens is 3. The summed E-state index contributed by atoms with van der Waals surface area (Å²) >= 11 is 0. The van der Waals surface area contributed by atoms with Crippen LogP contribution in [-0.4, -0.2) is 48.8 Å². The summed E-state index contributed by atoms with van der Waals surface area (Å²) in [6.45, 7) is 6.08. The summed E-state index contributed by atoms with van der Waals surface area (Å²) < 4.78 is 48.0. The van der Waals surface area contributed by atoms with E-state index in [-0.39, 0.29) is 41.7 Å². The zero-order chi connectivity index (χ0) is 22.3. The molecule has 0 aromatic carbocycles. The number of hydrogen-bond acceptors (Lipinski definition) is 6. The third-order valence-corrected chi connectivity index (χ3v) is 5.60. The molecule has 4 heterocycles. The summed E-state index contributed by atoms with van der Waals surface area (Å²) in [6.07, 6.45) is -2.94. The lowest BCUT2D eigenvalue weighted by molar-refractivity contribution is -0.136. The zero-order valence-corrected chi connectivity index (χ0v) is 17.5. The molecule has 0 radical (unpaired) electrons. The molecule has 1 unspecified atom stereocenters. The van der Waals surface area contributed by atoms with Gasteiger partial charge in [-0.1, -0.05) is 12.1 Å². The second-order valence-electron chi connectivity index (χ2n) is 7.80.